The monoisotopic (exact) mass is 298 g/mol. The number of nitrogens with one attached hydrogen (secondary N) is 1. The number of benzene rings is 1. The molecule has 3 N–H and O–H groups in total. The van der Waals surface area contributed by atoms with E-state index in [2.05, 4.69) is 9.88 Å². The largest absolute Gasteiger partial charge is 0.507 e. The minimum absolute atomic E-state index is 0.0903. The van der Waals surface area contributed by atoms with Crippen LogP contribution in [-0.4, -0.2) is 29.8 Å². The second kappa shape index (κ2) is 4.85. The van der Waals surface area contributed by atoms with Crippen LogP contribution in [0.3, 0.4) is 0 Å². The Morgan fingerprint density at radius 3 is 2.60 bits per heavy atom. The SMILES string of the molecule is Cc1cc(NS(=O)(=O)c2ccc(O)c(C(=O)O)c2)on1. The number of rotatable bonds is 4. The fourth-order valence-corrected chi connectivity index (χ4v) is 2.46. The summed E-state index contributed by atoms with van der Waals surface area (Å²) in [5.74, 6) is -2.05. The first-order valence-electron chi connectivity index (χ1n) is 5.32. The quantitative estimate of drug-likeness (QED) is 0.772. The maximum absolute atomic E-state index is 12.0. The summed E-state index contributed by atoms with van der Waals surface area (Å²) in [6, 6.07) is 4.29. The van der Waals surface area contributed by atoms with E-state index in [0.717, 1.165) is 18.2 Å². The van der Waals surface area contributed by atoms with Crippen LogP contribution in [0, 0.1) is 6.92 Å². The molecule has 2 rings (SSSR count). The zero-order chi connectivity index (χ0) is 14.9. The number of aromatic hydroxyl groups is 1. The smallest absolute Gasteiger partial charge is 0.339 e. The van der Waals surface area contributed by atoms with Crippen molar-refractivity contribution in [3.8, 4) is 5.75 Å². The van der Waals surface area contributed by atoms with Crippen LogP contribution in [0.4, 0.5) is 5.88 Å². The second-order valence-corrected chi connectivity index (χ2v) is 5.60. The summed E-state index contributed by atoms with van der Waals surface area (Å²) in [5, 5.41) is 21.7. The summed E-state index contributed by atoms with van der Waals surface area (Å²) in [5.41, 5.74) is -0.0266. The molecule has 106 valence electrons. The number of hydrogen-bond acceptors (Lipinski definition) is 6. The Morgan fingerprint density at radius 1 is 1.35 bits per heavy atom. The van der Waals surface area contributed by atoms with E-state index in [1.54, 1.807) is 6.92 Å². The van der Waals surface area contributed by atoms with Crippen LogP contribution in [0.2, 0.25) is 0 Å². The van der Waals surface area contributed by atoms with Crippen molar-refractivity contribution in [1.82, 2.24) is 5.16 Å². The Balaban J connectivity index is 2.39. The second-order valence-electron chi connectivity index (χ2n) is 3.92. The van der Waals surface area contributed by atoms with Gasteiger partial charge in [0, 0.05) is 6.07 Å². The molecular weight excluding hydrogens is 288 g/mol. The molecule has 0 aliphatic carbocycles. The highest BCUT2D eigenvalue weighted by molar-refractivity contribution is 7.92. The summed E-state index contributed by atoms with van der Waals surface area (Å²) < 4.78 is 30.9. The van der Waals surface area contributed by atoms with Crippen molar-refractivity contribution < 1.29 is 27.9 Å². The van der Waals surface area contributed by atoms with Crippen molar-refractivity contribution in [3.63, 3.8) is 0 Å². The van der Waals surface area contributed by atoms with Gasteiger partial charge in [-0.2, -0.15) is 0 Å². The Hall–Kier alpha value is -2.55. The maximum atomic E-state index is 12.0. The fourth-order valence-electron chi connectivity index (χ4n) is 1.46. The van der Waals surface area contributed by atoms with Crippen molar-refractivity contribution in [2.45, 2.75) is 11.8 Å². The van der Waals surface area contributed by atoms with E-state index in [1.165, 1.54) is 6.07 Å². The Kier molecular flexibility index (Phi) is 3.36. The molecule has 0 amide bonds. The van der Waals surface area contributed by atoms with Gasteiger partial charge in [-0.05, 0) is 25.1 Å². The maximum Gasteiger partial charge on any atom is 0.339 e. The van der Waals surface area contributed by atoms with Gasteiger partial charge in [-0.15, -0.1) is 0 Å². The number of nitrogens with zero attached hydrogens (tertiary/aromatic N) is 1. The lowest BCUT2D eigenvalue weighted by atomic mass is 10.2. The lowest BCUT2D eigenvalue weighted by molar-refractivity contribution is 0.0693. The van der Waals surface area contributed by atoms with E-state index >= 15 is 0 Å². The van der Waals surface area contributed by atoms with Gasteiger partial charge in [0.2, 0.25) is 5.88 Å². The predicted molar refractivity (Wildman–Crippen MR) is 67.1 cm³/mol. The molecule has 20 heavy (non-hydrogen) atoms. The van der Waals surface area contributed by atoms with Crippen LogP contribution in [0.25, 0.3) is 0 Å². The molecule has 2 aromatic rings. The topological polar surface area (TPSA) is 130 Å². The molecule has 0 fully saturated rings. The van der Waals surface area contributed by atoms with Gasteiger partial charge in [0.15, 0.2) is 0 Å². The number of hydrogen-bond donors (Lipinski definition) is 3. The van der Waals surface area contributed by atoms with Crippen LogP contribution < -0.4 is 4.72 Å². The number of phenols is 1. The number of aromatic nitrogens is 1. The molecule has 0 atom stereocenters. The zero-order valence-electron chi connectivity index (χ0n) is 10.2. The third-order valence-electron chi connectivity index (χ3n) is 2.37. The van der Waals surface area contributed by atoms with Crippen LogP contribution in [0.1, 0.15) is 16.1 Å². The number of carboxylic acids is 1. The average molecular weight is 298 g/mol. The molecule has 0 unspecified atom stereocenters. The standard InChI is InChI=1S/C11H10N2O6S/c1-6-4-10(19-12-6)13-20(17,18)7-2-3-9(14)8(5-7)11(15)16/h2-5,13-14H,1H3,(H,15,16). The molecule has 0 aliphatic rings. The number of carbonyl (C=O) groups is 1. The van der Waals surface area contributed by atoms with E-state index in [9.17, 15) is 18.3 Å². The van der Waals surface area contributed by atoms with Gasteiger partial charge in [-0.1, -0.05) is 5.16 Å². The van der Waals surface area contributed by atoms with Gasteiger partial charge in [-0.3, -0.25) is 0 Å². The first kappa shape index (κ1) is 13.9. The minimum atomic E-state index is -4.03. The van der Waals surface area contributed by atoms with Gasteiger partial charge in [0.25, 0.3) is 10.0 Å². The highest BCUT2D eigenvalue weighted by Gasteiger charge is 2.20. The van der Waals surface area contributed by atoms with Gasteiger partial charge in [0.05, 0.1) is 10.6 Å². The Labute approximate surface area is 113 Å². The molecule has 1 heterocycles. The van der Waals surface area contributed by atoms with E-state index in [-0.39, 0.29) is 10.8 Å². The predicted octanol–water partition coefficient (Wildman–Crippen LogP) is 1.19. The van der Waals surface area contributed by atoms with Gasteiger partial charge < -0.3 is 14.7 Å². The van der Waals surface area contributed by atoms with Crippen LogP contribution >= 0.6 is 0 Å². The number of anilines is 1. The minimum Gasteiger partial charge on any atom is -0.507 e. The van der Waals surface area contributed by atoms with Crippen LogP contribution in [0.15, 0.2) is 33.7 Å². The zero-order valence-corrected chi connectivity index (χ0v) is 11.0. The lowest BCUT2D eigenvalue weighted by Gasteiger charge is -2.06. The summed E-state index contributed by atoms with van der Waals surface area (Å²) in [6.07, 6.45) is 0. The summed E-state index contributed by atoms with van der Waals surface area (Å²) in [7, 11) is -4.03. The molecule has 1 aromatic carbocycles. The van der Waals surface area contributed by atoms with Crippen LogP contribution in [-0.2, 0) is 10.0 Å². The van der Waals surface area contributed by atoms with E-state index in [0.29, 0.717) is 5.69 Å². The first-order chi connectivity index (χ1) is 9.29. The highest BCUT2D eigenvalue weighted by Crippen LogP contribution is 2.23. The van der Waals surface area contributed by atoms with Gasteiger partial charge in [-0.25, -0.2) is 17.9 Å². The number of sulfonamides is 1. The molecule has 0 radical (unpaired) electrons. The van der Waals surface area contributed by atoms with Crippen molar-refractivity contribution >= 4 is 21.9 Å². The lowest BCUT2D eigenvalue weighted by Crippen LogP contribution is -2.13. The fraction of sp³-hybridized carbons (Fsp3) is 0.0909. The first-order valence-corrected chi connectivity index (χ1v) is 6.80. The van der Waals surface area contributed by atoms with Crippen molar-refractivity contribution in [2.75, 3.05) is 4.72 Å². The van der Waals surface area contributed by atoms with Crippen molar-refractivity contribution in [2.24, 2.45) is 0 Å². The highest BCUT2D eigenvalue weighted by atomic mass is 32.2. The van der Waals surface area contributed by atoms with Crippen molar-refractivity contribution in [1.29, 1.82) is 0 Å². The molecule has 8 nitrogen and oxygen atoms in total. The third-order valence-corrected chi connectivity index (χ3v) is 3.72. The molecular formula is C11H10N2O6S. The number of carboxylic acid groups (broad SMARTS) is 1. The summed E-state index contributed by atoms with van der Waals surface area (Å²) >= 11 is 0. The average Bonchev–Trinajstić information content (AvgIpc) is 2.73. The van der Waals surface area contributed by atoms with E-state index in [1.807, 2.05) is 0 Å². The molecule has 0 saturated carbocycles. The van der Waals surface area contributed by atoms with E-state index in [4.69, 9.17) is 9.63 Å². The summed E-state index contributed by atoms with van der Waals surface area (Å²) in [6.45, 7) is 1.62. The molecule has 0 bridgehead atoms. The van der Waals surface area contributed by atoms with Crippen LogP contribution in [0.5, 0.6) is 5.75 Å². The Morgan fingerprint density at radius 2 is 2.05 bits per heavy atom. The van der Waals surface area contributed by atoms with Gasteiger partial charge in [0.1, 0.15) is 11.3 Å². The molecule has 9 heteroatoms. The number of aryl methyl sites for hydroxylation is 1. The number of aromatic carboxylic acids is 1. The van der Waals surface area contributed by atoms with Gasteiger partial charge >= 0.3 is 5.97 Å². The molecule has 0 aliphatic heterocycles. The third kappa shape index (κ3) is 2.72. The van der Waals surface area contributed by atoms with Crippen molar-refractivity contribution in [3.05, 3.63) is 35.5 Å². The molecule has 1 aromatic heterocycles. The summed E-state index contributed by atoms with van der Waals surface area (Å²) in [4.78, 5) is 10.5. The Bertz CT molecular complexity index is 765. The van der Waals surface area contributed by atoms with E-state index < -0.39 is 27.3 Å². The molecule has 0 spiro atoms. The molecule has 0 saturated heterocycles. The normalized spacial score (nSPS) is 11.2.